The molecule has 3 nitrogen and oxygen atoms in total. The number of benzene rings is 2. The lowest BCUT2D eigenvalue weighted by Crippen LogP contribution is -2.00. The Kier molecular flexibility index (Phi) is 4.39. The average molecular weight is 308 g/mol. The number of nitrogens with zero attached hydrogens (tertiary/aromatic N) is 2. The average Bonchev–Trinajstić information content (AvgIpc) is 3.10. The summed E-state index contributed by atoms with van der Waals surface area (Å²) in [5, 5.41) is 0. The second-order valence-corrected chi connectivity index (χ2v) is 5.96. The lowest BCUT2D eigenvalue weighted by Gasteiger charge is -2.11. The minimum atomic E-state index is 0.151. The third-order valence-electron chi connectivity index (χ3n) is 3.36. The van der Waals surface area contributed by atoms with Crippen molar-refractivity contribution in [2.24, 2.45) is 0 Å². The third-order valence-corrected chi connectivity index (χ3v) is 4.43. The molecule has 0 saturated carbocycles. The number of imidazole rings is 1. The van der Waals surface area contributed by atoms with Crippen molar-refractivity contribution in [3.63, 3.8) is 0 Å². The highest BCUT2D eigenvalue weighted by atomic mass is 32.2. The van der Waals surface area contributed by atoms with Crippen LogP contribution >= 0.6 is 11.8 Å². The molecule has 3 rings (SSSR count). The first kappa shape index (κ1) is 14.6. The zero-order valence-electron chi connectivity index (χ0n) is 12.3. The molecule has 1 aromatic heterocycles. The number of ketones is 1. The van der Waals surface area contributed by atoms with Gasteiger partial charge in [0, 0.05) is 34.2 Å². The summed E-state index contributed by atoms with van der Waals surface area (Å²) in [5.41, 5.74) is 1.72. The Morgan fingerprint density at radius 1 is 1.18 bits per heavy atom. The largest absolute Gasteiger partial charge is 0.305 e. The molecule has 0 unspecified atom stereocenters. The predicted molar refractivity (Wildman–Crippen MR) is 88.8 cm³/mol. The van der Waals surface area contributed by atoms with Gasteiger partial charge < -0.3 is 4.57 Å². The molecular weight excluding hydrogens is 292 g/mol. The number of rotatable bonds is 5. The standard InChI is InChI=1S/C18H16N2OS/c1-2-17(21)14-8-9-18(22-15-6-4-3-5-7-15)16(12-14)20-11-10-19-13-20/h3-13H,2H2,1H3. The summed E-state index contributed by atoms with van der Waals surface area (Å²) in [5.74, 6) is 0.151. The number of hydrogen-bond donors (Lipinski definition) is 0. The summed E-state index contributed by atoms with van der Waals surface area (Å²) in [6, 6.07) is 16.1. The highest BCUT2D eigenvalue weighted by Gasteiger charge is 2.11. The summed E-state index contributed by atoms with van der Waals surface area (Å²) in [6.45, 7) is 1.88. The van der Waals surface area contributed by atoms with Crippen LogP contribution in [0, 0.1) is 0 Å². The predicted octanol–water partition coefficient (Wildman–Crippen LogP) is 4.62. The van der Waals surface area contributed by atoms with Crippen LogP contribution in [0.25, 0.3) is 5.69 Å². The fourth-order valence-corrected chi connectivity index (χ4v) is 3.15. The molecular formula is C18H16N2OS. The first-order valence-electron chi connectivity index (χ1n) is 7.16. The van der Waals surface area contributed by atoms with Crippen LogP contribution in [0.4, 0.5) is 0 Å². The summed E-state index contributed by atoms with van der Waals surface area (Å²) in [6.07, 6.45) is 5.90. The Morgan fingerprint density at radius 3 is 2.68 bits per heavy atom. The molecule has 0 spiro atoms. The van der Waals surface area contributed by atoms with Gasteiger partial charge in [0.1, 0.15) is 0 Å². The van der Waals surface area contributed by atoms with E-state index in [1.165, 1.54) is 4.90 Å². The molecule has 22 heavy (non-hydrogen) atoms. The second-order valence-electron chi connectivity index (χ2n) is 4.84. The van der Waals surface area contributed by atoms with Crippen molar-refractivity contribution >= 4 is 17.5 Å². The molecule has 2 aromatic carbocycles. The van der Waals surface area contributed by atoms with Crippen molar-refractivity contribution in [2.75, 3.05) is 0 Å². The van der Waals surface area contributed by atoms with Gasteiger partial charge in [0.2, 0.25) is 0 Å². The molecule has 0 atom stereocenters. The molecule has 0 aliphatic carbocycles. The van der Waals surface area contributed by atoms with Crippen molar-refractivity contribution < 1.29 is 4.79 Å². The fraction of sp³-hybridized carbons (Fsp3) is 0.111. The van der Waals surface area contributed by atoms with Gasteiger partial charge in [-0.25, -0.2) is 4.98 Å². The van der Waals surface area contributed by atoms with Crippen molar-refractivity contribution in [3.8, 4) is 5.69 Å². The molecule has 4 heteroatoms. The number of Topliss-reactive ketones (excluding diaryl/α,β-unsaturated/α-hetero) is 1. The van der Waals surface area contributed by atoms with Crippen LogP contribution in [0.1, 0.15) is 23.7 Å². The van der Waals surface area contributed by atoms with E-state index < -0.39 is 0 Å². The zero-order chi connectivity index (χ0) is 15.4. The van der Waals surface area contributed by atoms with Crippen LogP contribution in [0.5, 0.6) is 0 Å². The van der Waals surface area contributed by atoms with E-state index in [0.29, 0.717) is 6.42 Å². The van der Waals surface area contributed by atoms with E-state index in [1.54, 1.807) is 24.3 Å². The van der Waals surface area contributed by atoms with Crippen molar-refractivity contribution in [2.45, 2.75) is 23.1 Å². The summed E-state index contributed by atoms with van der Waals surface area (Å²) < 4.78 is 1.94. The molecule has 0 fully saturated rings. The van der Waals surface area contributed by atoms with Gasteiger partial charge in [0.05, 0.1) is 12.0 Å². The van der Waals surface area contributed by atoms with Gasteiger partial charge in [-0.3, -0.25) is 4.79 Å². The van der Waals surface area contributed by atoms with Crippen molar-refractivity contribution in [3.05, 3.63) is 72.8 Å². The highest BCUT2D eigenvalue weighted by molar-refractivity contribution is 7.99. The van der Waals surface area contributed by atoms with Crippen LogP contribution in [0.15, 0.2) is 77.0 Å². The lowest BCUT2D eigenvalue weighted by atomic mass is 10.1. The van der Waals surface area contributed by atoms with E-state index in [4.69, 9.17) is 0 Å². The summed E-state index contributed by atoms with van der Waals surface area (Å²) in [4.78, 5) is 18.3. The number of carbonyl (C=O) groups excluding carboxylic acids is 1. The number of carbonyl (C=O) groups is 1. The van der Waals surface area contributed by atoms with Crippen LogP contribution in [-0.4, -0.2) is 15.3 Å². The second kappa shape index (κ2) is 6.62. The Balaban J connectivity index is 2.03. The maximum absolute atomic E-state index is 12.0. The molecule has 0 N–H and O–H groups in total. The molecule has 1 heterocycles. The minimum absolute atomic E-state index is 0.151. The monoisotopic (exact) mass is 308 g/mol. The van der Waals surface area contributed by atoms with Gasteiger partial charge in [-0.05, 0) is 24.3 Å². The van der Waals surface area contributed by atoms with Gasteiger partial charge in [-0.2, -0.15) is 0 Å². The molecule has 0 radical (unpaired) electrons. The molecule has 110 valence electrons. The number of hydrogen-bond acceptors (Lipinski definition) is 3. The molecule has 0 aliphatic rings. The Morgan fingerprint density at radius 2 is 2.00 bits per heavy atom. The Hall–Kier alpha value is -2.33. The minimum Gasteiger partial charge on any atom is -0.305 e. The molecule has 0 bridgehead atoms. The normalized spacial score (nSPS) is 10.6. The molecule has 3 aromatic rings. The van der Waals surface area contributed by atoms with E-state index >= 15 is 0 Å². The summed E-state index contributed by atoms with van der Waals surface area (Å²) in [7, 11) is 0. The fourth-order valence-electron chi connectivity index (χ4n) is 2.20. The molecule has 0 amide bonds. The first-order chi connectivity index (χ1) is 10.8. The van der Waals surface area contributed by atoms with E-state index in [-0.39, 0.29) is 5.78 Å². The third kappa shape index (κ3) is 3.12. The topological polar surface area (TPSA) is 34.9 Å². The quantitative estimate of drug-likeness (QED) is 0.645. The zero-order valence-corrected chi connectivity index (χ0v) is 13.1. The van der Waals surface area contributed by atoms with Crippen LogP contribution in [-0.2, 0) is 0 Å². The Bertz CT molecular complexity index is 767. The van der Waals surface area contributed by atoms with E-state index in [0.717, 1.165) is 16.1 Å². The van der Waals surface area contributed by atoms with E-state index in [9.17, 15) is 4.79 Å². The molecule has 0 saturated heterocycles. The van der Waals surface area contributed by atoms with Gasteiger partial charge in [0.25, 0.3) is 0 Å². The highest BCUT2D eigenvalue weighted by Crippen LogP contribution is 2.33. The smallest absolute Gasteiger partial charge is 0.162 e. The molecule has 0 aliphatic heterocycles. The van der Waals surface area contributed by atoms with Gasteiger partial charge >= 0.3 is 0 Å². The van der Waals surface area contributed by atoms with Gasteiger partial charge in [-0.15, -0.1) is 0 Å². The maximum atomic E-state index is 12.0. The Labute approximate surface area is 134 Å². The van der Waals surface area contributed by atoms with E-state index in [1.807, 2.05) is 54.1 Å². The van der Waals surface area contributed by atoms with Crippen LogP contribution in [0.2, 0.25) is 0 Å². The van der Waals surface area contributed by atoms with Gasteiger partial charge in [-0.1, -0.05) is 43.0 Å². The lowest BCUT2D eigenvalue weighted by molar-refractivity contribution is 0.0988. The van der Waals surface area contributed by atoms with Crippen LogP contribution < -0.4 is 0 Å². The van der Waals surface area contributed by atoms with Crippen molar-refractivity contribution in [1.29, 1.82) is 0 Å². The van der Waals surface area contributed by atoms with Gasteiger partial charge in [0.15, 0.2) is 5.78 Å². The van der Waals surface area contributed by atoms with Crippen molar-refractivity contribution in [1.82, 2.24) is 9.55 Å². The van der Waals surface area contributed by atoms with E-state index in [2.05, 4.69) is 17.1 Å². The first-order valence-corrected chi connectivity index (χ1v) is 7.98. The van der Waals surface area contributed by atoms with Crippen LogP contribution in [0.3, 0.4) is 0 Å². The SMILES string of the molecule is CCC(=O)c1ccc(Sc2ccccc2)c(-n2ccnc2)c1. The maximum Gasteiger partial charge on any atom is 0.162 e. The summed E-state index contributed by atoms with van der Waals surface area (Å²) >= 11 is 1.68. The number of aromatic nitrogens is 2.